The van der Waals surface area contributed by atoms with Crippen LogP contribution < -0.4 is 0 Å². The summed E-state index contributed by atoms with van der Waals surface area (Å²) in [5, 5.41) is 8.09. The van der Waals surface area contributed by atoms with Crippen molar-refractivity contribution in [3.05, 3.63) is 41.0 Å². The molecule has 2 heterocycles. The minimum absolute atomic E-state index is 0.0856. The minimum atomic E-state index is -0.295. The number of amides is 1. The first-order chi connectivity index (χ1) is 10.6. The summed E-state index contributed by atoms with van der Waals surface area (Å²) in [7, 11) is 0. The smallest absolute Gasteiger partial charge is 0.276 e. The molecule has 1 fully saturated rings. The zero-order valence-corrected chi connectivity index (χ0v) is 12.8. The van der Waals surface area contributed by atoms with Crippen molar-refractivity contribution < 1.29 is 9.18 Å². The van der Waals surface area contributed by atoms with E-state index >= 15 is 0 Å². The molecule has 0 saturated carbocycles. The van der Waals surface area contributed by atoms with E-state index in [2.05, 4.69) is 10.3 Å². The lowest BCUT2D eigenvalue weighted by atomic mass is 10.1. The lowest BCUT2D eigenvalue weighted by Gasteiger charge is -2.25. The monoisotopic (exact) mass is 302 g/mol. The maximum Gasteiger partial charge on any atom is 0.276 e. The van der Waals surface area contributed by atoms with Gasteiger partial charge in [0.2, 0.25) is 0 Å². The quantitative estimate of drug-likeness (QED) is 0.857. The van der Waals surface area contributed by atoms with Crippen LogP contribution >= 0.6 is 0 Å². The summed E-state index contributed by atoms with van der Waals surface area (Å²) in [5.74, 6) is -0.381. The van der Waals surface area contributed by atoms with E-state index in [-0.39, 0.29) is 11.7 Å². The predicted octanol–water partition coefficient (Wildman–Crippen LogP) is 2.65. The molecule has 0 N–H and O–H groups in total. The Morgan fingerprint density at radius 1 is 1.18 bits per heavy atom. The van der Waals surface area contributed by atoms with Crippen LogP contribution in [-0.4, -0.2) is 38.9 Å². The lowest BCUT2D eigenvalue weighted by Crippen LogP contribution is -2.36. The van der Waals surface area contributed by atoms with Gasteiger partial charge in [-0.2, -0.15) is 0 Å². The first-order valence-corrected chi connectivity index (χ1v) is 7.56. The SMILES string of the molecule is Cc1c(F)cccc1-n1nnc(C(=O)N2CCCCC2)c1C. The normalized spacial score (nSPS) is 15.1. The molecule has 22 heavy (non-hydrogen) atoms. The van der Waals surface area contributed by atoms with Crippen molar-refractivity contribution in [2.45, 2.75) is 33.1 Å². The third-order valence-electron chi connectivity index (χ3n) is 4.21. The molecule has 6 heteroatoms. The van der Waals surface area contributed by atoms with Gasteiger partial charge in [0.25, 0.3) is 5.91 Å². The van der Waals surface area contributed by atoms with Gasteiger partial charge in [-0.25, -0.2) is 9.07 Å². The molecule has 1 aliphatic rings. The minimum Gasteiger partial charge on any atom is -0.337 e. The van der Waals surface area contributed by atoms with E-state index in [1.54, 1.807) is 26.0 Å². The van der Waals surface area contributed by atoms with Crippen molar-refractivity contribution >= 4 is 5.91 Å². The molecule has 1 saturated heterocycles. The second-order valence-electron chi connectivity index (χ2n) is 5.67. The van der Waals surface area contributed by atoms with E-state index < -0.39 is 0 Å². The molecule has 1 aliphatic heterocycles. The Balaban J connectivity index is 1.95. The fourth-order valence-electron chi connectivity index (χ4n) is 2.83. The average molecular weight is 302 g/mol. The molecule has 0 radical (unpaired) electrons. The fraction of sp³-hybridized carbons (Fsp3) is 0.438. The molecule has 0 atom stereocenters. The Hall–Kier alpha value is -2.24. The summed E-state index contributed by atoms with van der Waals surface area (Å²) in [4.78, 5) is 14.4. The van der Waals surface area contributed by atoms with Crippen LogP contribution in [0.25, 0.3) is 5.69 Å². The van der Waals surface area contributed by atoms with Gasteiger partial charge >= 0.3 is 0 Å². The number of aromatic nitrogens is 3. The van der Waals surface area contributed by atoms with Crippen LogP contribution in [0.15, 0.2) is 18.2 Å². The number of benzene rings is 1. The molecule has 3 rings (SSSR count). The highest BCUT2D eigenvalue weighted by molar-refractivity contribution is 5.93. The van der Waals surface area contributed by atoms with Gasteiger partial charge in [0.15, 0.2) is 5.69 Å². The topological polar surface area (TPSA) is 51.0 Å². The van der Waals surface area contributed by atoms with E-state index in [9.17, 15) is 9.18 Å². The van der Waals surface area contributed by atoms with Crippen LogP contribution in [0.3, 0.4) is 0 Å². The van der Waals surface area contributed by atoms with Gasteiger partial charge in [0, 0.05) is 18.7 Å². The number of nitrogens with zero attached hydrogens (tertiary/aromatic N) is 4. The molecular weight excluding hydrogens is 283 g/mol. The fourth-order valence-corrected chi connectivity index (χ4v) is 2.83. The number of carbonyl (C=O) groups excluding carboxylic acids is 1. The average Bonchev–Trinajstić information content (AvgIpc) is 2.92. The van der Waals surface area contributed by atoms with Crippen molar-refractivity contribution in [2.24, 2.45) is 0 Å². The summed E-state index contributed by atoms with van der Waals surface area (Å²) in [6.45, 7) is 5.02. The molecule has 0 unspecified atom stereocenters. The summed E-state index contributed by atoms with van der Waals surface area (Å²) >= 11 is 0. The maximum atomic E-state index is 13.7. The number of likely N-dealkylation sites (tertiary alicyclic amines) is 1. The molecule has 0 aliphatic carbocycles. The Labute approximate surface area is 128 Å². The number of halogens is 1. The zero-order valence-electron chi connectivity index (χ0n) is 12.8. The second kappa shape index (κ2) is 5.87. The Kier molecular flexibility index (Phi) is 3.92. The van der Waals surface area contributed by atoms with E-state index in [0.717, 1.165) is 32.4 Å². The number of piperidine rings is 1. The third kappa shape index (κ3) is 2.49. The van der Waals surface area contributed by atoms with Gasteiger partial charge < -0.3 is 4.90 Å². The van der Waals surface area contributed by atoms with Crippen molar-refractivity contribution in [1.82, 2.24) is 19.9 Å². The first-order valence-electron chi connectivity index (χ1n) is 7.56. The molecule has 1 amide bonds. The van der Waals surface area contributed by atoms with Crippen LogP contribution in [-0.2, 0) is 0 Å². The van der Waals surface area contributed by atoms with Crippen LogP contribution in [0.5, 0.6) is 0 Å². The van der Waals surface area contributed by atoms with E-state index in [4.69, 9.17) is 0 Å². The summed E-state index contributed by atoms with van der Waals surface area (Å²) < 4.78 is 15.3. The van der Waals surface area contributed by atoms with Gasteiger partial charge in [-0.1, -0.05) is 11.3 Å². The molecule has 1 aromatic carbocycles. The number of hydrogen-bond acceptors (Lipinski definition) is 3. The van der Waals surface area contributed by atoms with Gasteiger partial charge in [-0.05, 0) is 45.2 Å². The molecule has 0 spiro atoms. The van der Waals surface area contributed by atoms with E-state index in [1.165, 1.54) is 10.7 Å². The van der Waals surface area contributed by atoms with Crippen LogP contribution in [0.1, 0.15) is 41.0 Å². The predicted molar refractivity (Wildman–Crippen MR) is 80.5 cm³/mol. The van der Waals surface area contributed by atoms with E-state index in [1.807, 2.05) is 4.90 Å². The molecule has 5 nitrogen and oxygen atoms in total. The van der Waals surface area contributed by atoms with Crippen LogP contribution in [0.4, 0.5) is 4.39 Å². The number of carbonyl (C=O) groups is 1. The summed E-state index contributed by atoms with van der Waals surface area (Å²) in [6.07, 6.45) is 3.22. The lowest BCUT2D eigenvalue weighted by molar-refractivity contribution is 0.0717. The maximum absolute atomic E-state index is 13.7. The molecule has 116 valence electrons. The van der Waals surface area contributed by atoms with Crippen molar-refractivity contribution in [3.63, 3.8) is 0 Å². The van der Waals surface area contributed by atoms with Crippen molar-refractivity contribution in [2.75, 3.05) is 13.1 Å². The van der Waals surface area contributed by atoms with Crippen molar-refractivity contribution in [1.29, 1.82) is 0 Å². The van der Waals surface area contributed by atoms with Crippen LogP contribution in [0.2, 0.25) is 0 Å². The molecule has 0 bridgehead atoms. The summed E-state index contributed by atoms with van der Waals surface area (Å²) in [6, 6.07) is 4.81. The molecule has 1 aromatic heterocycles. The van der Waals surface area contributed by atoms with Gasteiger partial charge in [-0.3, -0.25) is 4.79 Å². The van der Waals surface area contributed by atoms with Gasteiger partial charge in [0.05, 0.1) is 11.4 Å². The highest BCUT2D eigenvalue weighted by Gasteiger charge is 2.24. The standard InChI is InChI=1S/C16H19FN4O/c1-11-13(17)7-6-8-14(11)21-12(2)15(18-19-21)16(22)20-9-4-3-5-10-20/h6-8H,3-5,9-10H2,1-2H3. The molecule has 2 aromatic rings. The Morgan fingerprint density at radius 2 is 1.91 bits per heavy atom. The Morgan fingerprint density at radius 3 is 2.64 bits per heavy atom. The zero-order chi connectivity index (χ0) is 15.7. The third-order valence-corrected chi connectivity index (χ3v) is 4.21. The Bertz CT molecular complexity index is 704. The van der Waals surface area contributed by atoms with Gasteiger partial charge in [0.1, 0.15) is 5.82 Å². The summed E-state index contributed by atoms with van der Waals surface area (Å²) in [5.41, 5.74) is 2.10. The number of rotatable bonds is 2. The largest absolute Gasteiger partial charge is 0.337 e. The van der Waals surface area contributed by atoms with Crippen molar-refractivity contribution in [3.8, 4) is 5.69 Å². The van der Waals surface area contributed by atoms with Crippen LogP contribution in [0, 0.1) is 19.7 Å². The first kappa shape index (κ1) is 14.7. The number of hydrogen-bond donors (Lipinski definition) is 0. The highest BCUT2D eigenvalue weighted by Crippen LogP contribution is 2.20. The molecular formula is C16H19FN4O. The van der Waals surface area contributed by atoms with Gasteiger partial charge in [-0.15, -0.1) is 5.10 Å². The highest BCUT2D eigenvalue weighted by atomic mass is 19.1. The van der Waals surface area contributed by atoms with E-state index in [0.29, 0.717) is 22.6 Å². The second-order valence-corrected chi connectivity index (χ2v) is 5.67.